The van der Waals surface area contributed by atoms with Crippen LogP contribution in [0.5, 0.6) is 0 Å². The van der Waals surface area contributed by atoms with Crippen molar-refractivity contribution in [3.8, 4) is 0 Å². The number of carbonyl (C=O) groups excluding carboxylic acids is 2. The van der Waals surface area contributed by atoms with E-state index < -0.39 is 0 Å². The van der Waals surface area contributed by atoms with E-state index >= 15 is 0 Å². The second-order valence-corrected chi connectivity index (χ2v) is 4.73. The Balaban J connectivity index is 2.44. The SMILES string of the molecule is CNC(=O)CN(C)CCC(=O)Nc1cccc(N)c1C. The lowest BCUT2D eigenvalue weighted by Crippen LogP contribution is -2.34. The second kappa shape index (κ2) is 7.49. The Hall–Kier alpha value is -2.08. The fraction of sp³-hybridized carbons (Fsp3) is 0.429. The van der Waals surface area contributed by atoms with Gasteiger partial charge in [0.15, 0.2) is 0 Å². The Morgan fingerprint density at radius 2 is 2.00 bits per heavy atom. The highest BCUT2D eigenvalue weighted by atomic mass is 16.2. The van der Waals surface area contributed by atoms with Crippen LogP contribution in [0, 0.1) is 6.92 Å². The van der Waals surface area contributed by atoms with E-state index in [1.165, 1.54) is 0 Å². The van der Waals surface area contributed by atoms with Crippen molar-refractivity contribution in [2.45, 2.75) is 13.3 Å². The Morgan fingerprint density at radius 3 is 2.65 bits per heavy atom. The number of nitrogens with two attached hydrogens (primary N) is 1. The summed E-state index contributed by atoms with van der Waals surface area (Å²) in [6.45, 7) is 2.66. The fourth-order valence-electron chi connectivity index (χ4n) is 1.70. The van der Waals surface area contributed by atoms with Gasteiger partial charge in [-0.3, -0.25) is 14.5 Å². The number of rotatable bonds is 6. The van der Waals surface area contributed by atoms with Gasteiger partial charge in [0.1, 0.15) is 0 Å². The van der Waals surface area contributed by atoms with E-state index in [1.807, 2.05) is 13.0 Å². The number of nitrogens with one attached hydrogen (secondary N) is 2. The molecule has 4 N–H and O–H groups in total. The van der Waals surface area contributed by atoms with E-state index in [0.717, 1.165) is 11.3 Å². The lowest BCUT2D eigenvalue weighted by molar-refractivity contribution is -0.122. The van der Waals surface area contributed by atoms with Crippen molar-refractivity contribution in [1.29, 1.82) is 0 Å². The minimum absolute atomic E-state index is 0.0698. The molecule has 0 aliphatic carbocycles. The fourth-order valence-corrected chi connectivity index (χ4v) is 1.70. The summed E-state index contributed by atoms with van der Waals surface area (Å²) >= 11 is 0. The van der Waals surface area contributed by atoms with Crippen LogP contribution in [0.15, 0.2) is 18.2 Å². The summed E-state index contributed by atoms with van der Waals surface area (Å²) in [5.74, 6) is -0.165. The Bertz CT molecular complexity index is 488. The van der Waals surface area contributed by atoms with Crippen LogP contribution in [0.1, 0.15) is 12.0 Å². The van der Waals surface area contributed by atoms with Crippen LogP contribution < -0.4 is 16.4 Å². The van der Waals surface area contributed by atoms with Crippen LogP contribution in [-0.4, -0.2) is 43.9 Å². The summed E-state index contributed by atoms with van der Waals surface area (Å²) in [5, 5.41) is 5.37. The standard InChI is InChI=1S/C14H22N4O2/c1-10-11(15)5-4-6-12(10)17-13(19)7-8-18(3)9-14(20)16-2/h4-6H,7-9,15H2,1-3H3,(H,16,20)(H,17,19). The molecule has 0 radical (unpaired) electrons. The molecule has 0 unspecified atom stereocenters. The molecule has 0 atom stereocenters. The number of hydrogen-bond acceptors (Lipinski definition) is 4. The number of carbonyl (C=O) groups is 2. The first-order valence-corrected chi connectivity index (χ1v) is 6.48. The van der Waals surface area contributed by atoms with Crippen molar-refractivity contribution in [3.05, 3.63) is 23.8 Å². The highest BCUT2D eigenvalue weighted by Crippen LogP contribution is 2.20. The number of benzene rings is 1. The first-order valence-electron chi connectivity index (χ1n) is 6.48. The summed E-state index contributed by atoms with van der Waals surface area (Å²) < 4.78 is 0. The lowest BCUT2D eigenvalue weighted by atomic mass is 10.1. The maximum absolute atomic E-state index is 11.9. The average Bonchev–Trinajstić information content (AvgIpc) is 2.41. The molecule has 110 valence electrons. The van der Waals surface area contributed by atoms with Gasteiger partial charge < -0.3 is 16.4 Å². The summed E-state index contributed by atoms with van der Waals surface area (Å²) in [6, 6.07) is 5.41. The molecule has 2 amide bonds. The Labute approximate surface area is 119 Å². The van der Waals surface area contributed by atoms with Crippen LogP contribution in [0.2, 0.25) is 0 Å². The summed E-state index contributed by atoms with van der Waals surface area (Å²) in [4.78, 5) is 24.8. The first-order chi connectivity index (χ1) is 9.43. The van der Waals surface area contributed by atoms with E-state index in [4.69, 9.17) is 5.73 Å². The number of hydrogen-bond donors (Lipinski definition) is 3. The third kappa shape index (κ3) is 4.89. The van der Waals surface area contributed by atoms with Crippen molar-refractivity contribution in [2.24, 2.45) is 0 Å². The van der Waals surface area contributed by atoms with Gasteiger partial charge in [-0.2, -0.15) is 0 Å². The zero-order chi connectivity index (χ0) is 15.1. The molecule has 6 heteroatoms. The van der Waals surface area contributed by atoms with Crippen molar-refractivity contribution in [2.75, 3.05) is 38.2 Å². The molecular weight excluding hydrogens is 256 g/mol. The van der Waals surface area contributed by atoms with E-state index in [-0.39, 0.29) is 18.4 Å². The van der Waals surface area contributed by atoms with Gasteiger partial charge in [0.05, 0.1) is 6.54 Å². The minimum atomic E-state index is -0.0949. The van der Waals surface area contributed by atoms with Crippen molar-refractivity contribution < 1.29 is 9.59 Å². The number of anilines is 2. The zero-order valence-corrected chi connectivity index (χ0v) is 12.2. The first kappa shape index (κ1) is 16.0. The Morgan fingerprint density at radius 1 is 1.30 bits per heavy atom. The molecule has 0 heterocycles. The number of nitrogen functional groups attached to an aromatic ring is 1. The number of amides is 2. The van der Waals surface area contributed by atoms with Gasteiger partial charge in [-0.25, -0.2) is 0 Å². The average molecular weight is 278 g/mol. The monoisotopic (exact) mass is 278 g/mol. The largest absolute Gasteiger partial charge is 0.398 e. The third-order valence-electron chi connectivity index (χ3n) is 3.06. The summed E-state index contributed by atoms with van der Waals surface area (Å²) in [5.41, 5.74) is 8.02. The molecule has 0 spiro atoms. The molecule has 0 fully saturated rings. The summed E-state index contributed by atoms with van der Waals surface area (Å²) in [7, 11) is 3.39. The van der Waals surface area contributed by atoms with Gasteiger partial charge in [-0.05, 0) is 31.7 Å². The van der Waals surface area contributed by atoms with Gasteiger partial charge >= 0.3 is 0 Å². The van der Waals surface area contributed by atoms with Gasteiger partial charge in [0.25, 0.3) is 0 Å². The van der Waals surface area contributed by atoms with Crippen LogP contribution in [-0.2, 0) is 9.59 Å². The van der Waals surface area contributed by atoms with Crippen LogP contribution in [0.4, 0.5) is 11.4 Å². The number of likely N-dealkylation sites (N-methyl/N-ethyl adjacent to an activating group) is 2. The number of nitrogens with zero attached hydrogens (tertiary/aromatic N) is 1. The lowest BCUT2D eigenvalue weighted by Gasteiger charge is -2.15. The molecule has 20 heavy (non-hydrogen) atoms. The molecule has 1 rings (SSSR count). The quantitative estimate of drug-likeness (QED) is 0.664. The van der Waals surface area contributed by atoms with E-state index in [1.54, 1.807) is 31.1 Å². The molecule has 6 nitrogen and oxygen atoms in total. The highest BCUT2D eigenvalue weighted by Gasteiger charge is 2.09. The van der Waals surface area contributed by atoms with E-state index in [2.05, 4.69) is 10.6 Å². The molecule has 0 aromatic heterocycles. The molecule has 0 aliphatic heterocycles. The molecule has 0 saturated carbocycles. The van der Waals surface area contributed by atoms with Gasteiger partial charge in [0.2, 0.25) is 11.8 Å². The summed E-state index contributed by atoms with van der Waals surface area (Å²) in [6.07, 6.45) is 0.321. The molecule has 1 aromatic rings. The van der Waals surface area contributed by atoms with Crippen LogP contribution >= 0.6 is 0 Å². The van der Waals surface area contributed by atoms with Crippen LogP contribution in [0.3, 0.4) is 0 Å². The molecule has 0 aliphatic rings. The van der Waals surface area contributed by atoms with Crippen molar-refractivity contribution in [3.63, 3.8) is 0 Å². The van der Waals surface area contributed by atoms with Gasteiger partial charge in [-0.15, -0.1) is 0 Å². The maximum atomic E-state index is 11.9. The van der Waals surface area contributed by atoms with E-state index in [0.29, 0.717) is 18.7 Å². The topological polar surface area (TPSA) is 87.5 Å². The Kier molecular flexibility index (Phi) is 5.99. The smallest absolute Gasteiger partial charge is 0.233 e. The van der Waals surface area contributed by atoms with Crippen molar-refractivity contribution in [1.82, 2.24) is 10.2 Å². The van der Waals surface area contributed by atoms with E-state index in [9.17, 15) is 9.59 Å². The van der Waals surface area contributed by atoms with Gasteiger partial charge in [-0.1, -0.05) is 6.07 Å². The highest BCUT2D eigenvalue weighted by molar-refractivity contribution is 5.92. The molecule has 0 bridgehead atoms. The van der Waals surface area contributed by atoms with Crippen molar-refractivity contribution >= 4 is 23.2 Å². The predicted octanol–water partition coefficient (Wildman–Crippen LogP) is 0.584. The second-order valence-electron chi connectivity index (χ2n) is 4.73. The zero-order valence-electron chi connectivity index (χ0n) is 12.2. The molecule has 0 saturated heterocycles. The molecular formula is C14H22N4O2. The third-order valence-corrected chi connectivity index (χ3v) is 3.06. The minimum Gasteiger partial charge on any atom is -0.398 e. The van der Waals surface area contributed by atoms with Crippen LogP contribution in [0.25, 0.3) is 0 Å². The predicted molar refractivity (Wildman–Crippen MR) is 80.4 cm³/mol. The van der Waals surface area contributed by atoms with Gasteiger partial charge in [0, 0.05) is 31.4 Å². The normalized spacial score (nSPS) is 10.4. The molecule has 1 aromatic carbocycles. The maximum Gasteiger partial charge on any atom is 0.233 e.